The van der Waals surface area contributed by atoms with Crippen LogP contribution in [0.1, 0.15) is 0 Å². The number of hydroxylamine groups is 2. The third kappa shape index (κ3) is 2.08. The summed E-state index contributed by atoms with van der Waals surface area (Å²) in [5, 5.41) is 1.55. The summed E-state index contributed by atoms with van der Waals surface area (Å²) >= 11 is 0. The molecule has 1 aromatic carbocycles. The first-order chi connectivity index (χ1) is 6.45. The minimum absolute atomic E-state index is 0.792. The molecule has 0 spiro atoms. The minimum atomic E-state index is 0.792. The van der Waals surface area contributed by atoms with Crippen molar-refractivity contribution in [1.82, 2.24) is 5.06 Å². The van der Waals surface area contributed by atoms with Crippen LogP contribution < -0.4 is 4.84 Å². The van der Waals surface area contributed by atoms with Crippen molar-refractivity contribution >= 4 is 6.21 Å². The van der Waals surface area contributed by atoms with Crippen LogP contribution in [0.5, 0.6) is 5.75 Å². The number of hydrogen-bond donors (Lipinski definition) is 0. The fourth-order valence-corrected chi connectivity index (χ4v) is 0.973. The summed E-state index contributed by atoms with van der Waals surface area (Å²) in [5.74, 6) is 0.792. The van der Waals surface area contributed by atoms with E-state index in [1.807, 2.05) is 36.4 Å². The maximum Gasteiger partial charge on any atom is 0.199 e. The average Bonchev–Trinajstić information content (AvgIpc) is 2.21. The summed E-state index contributed by atoms with van der Waals surface area (Å²) < 4.78 is 0. The van der Waals surface area contributed by atoms with Crippen molar-refractivity contribution in [2.45, 2.75) is 0 Å². The molecule has 1 heterocycles. The van der Waals surface area contributed by atoms with Crippen molar-refractivity contribution in [3.05, 3.63) is 49.3 Å². The normalized spacial score (nSPS) is 14.6. The number of nitrogens with zero attached hydrogens (tertiary/aromatic N) is 2. The fourth-order valence-electron chi connectivity index (χ4n) is 0.973. The van der Waals surface area contributed by atoms with Gasteiger partial charge in [-0.05, 0) is 18.2 Å². The largest absolute Gasteiger partial charge is 0.378 e. The van der Waals surface area contributed by atoms with Gasteiger partial charge < -0.3 is 4.84 Å². The predicted molar refractivity (Wildman–Crippen MR) is 50.8 cm³/mol. The monoisotopic (exact) mass is 173 g/mol. The molecule has 3 heteroatoms. The van der Waals surface area contributed by atoms with Crippen LogP contribution in [0.2, 0.25) is 0 Å². The van der Waals surface area contributed by atoms with Gasteiger partial charge in [0.05, 0.1) is 0 Å². The first kappa shape index (κ1) is 7.86. The molecule has 1 aromatic rings. The van der Waals surface area contributed by atoms with Gasteiger partial charge in [-0.25, -0.2) is 0 Å². The zero-order chi connectivity index (χ0) is 8.93. The lowest BCUT2D eigenvalue weighted by Crippen LogP contribution is -2.19. The van der Waals surface area contributed by atoms with Crippen LogP contribution >= 0.6 is 0 Å². The van der Waals surface area contributed by atoms with E-state index >= 15 is 0 Å². The number of rotatable bonds is 2. The van der Waals surface area contributed by atoms with Gasteiger partial charge in [-0.2, -0.15) is 5.06 Å². The number of aliphatic imine (C=N–C) groups is 1. The van der Waals surface area contributed by atoms with Gasteiger partial charge in [0.25, 0.3) is 0 Å². The van der Waals surface area contributed by atoms with E-state index in [0.29, 0.717) is 0 Å². The molecule has 65 valence electrons. The third-order valence-corrected chi connectivity index (χ3v) is 1.54. The highest BCUT2D eigenvalue weighted by Crippen LogP contribution is 2.12. The highest BCUT2D eigenvalue weighted by molar-refractivity contribution is 5.71. The van der Waals surface area contributed by atoms with Gasteiger partial charge in [-0.1, -0.05) is 18.2 Å². The van der Waals surface area contributed by atoms with E-state index in [1.165, 1.54) is 0 Å². The standard InChI is InChI=1S/C10H9N2O/c1-2-5-10(6-3-1)13-12-8-4-7-11-9-12/h1-9H. The van der Waals surface area contributed by atoms with Gasteiger partial charge in [0, 0.05) is 12.4 Å². The van der Waals surface area contributed by atoms with Crippen LogP contribution in [0.15, 0.2) is 47.6 Å². The average molecular weight is 173 g/mol. The molecule has 1 aliphatic rings. The lowest BCUT2D eigenvalue weighted by atomic mass is 10.3. The first-order valence-electron chi connectivity index (χ1n) is 4.00. The Bertz CT molecular complexity index is 319. The molecule has 2 rings (SSSR count). The number of hydrogen-bond acceptors (Lipinski definition) is 3. The Labute approximate surface area is 76.9 Å². The summed E-state index contributed by atoms with van der Waals surface area (Å²) in [6, 6.07) is 9.57. The van der Waals surface area contributed by atoms with E-state index in [9.17, 15) is 0 Å². The highest BCUT2D eigenvalue weighted by atomic mass is 16.7. The van der Waals surface area contributed by atoms with Gasteiger partial charge in [-0.15, -0.1) is 0 Å². The van der Waals surface area contributed by atoms with Crippen LogP contribution in [0.25, 0.3) is 0 Å². The molecule has 0 aliphatic carbocycles. The lowest BCUT2D eigenvalue weighted by Gasteiger charge is -2.18. The highest BCUT2D eigenvalue weighted by Gasteiger charge is 2.02. The number of para-hydroxylation sites is 1. The van der Waals surface area contributed by atoms with Gasteiger partial charge in [-0.3, -0.25) is 4.99 Å². The molecule has 0 bridgehead atoms. The smallest absolute Gasteiger partial charge is 0.199 e. The Hall–Kier alpha value is -1.77. The van der Waals surface area contributed by atoms with Crippen LogP contribution in [-0.4, -0.2) is 11.3 Å². The molecule has 3 nitrogen and oxygen atoms in total. The van der Waals surface area contributed by atoms with Gasteiger partial charge in [0.2, 0.25) is 0 Å². The SMILES string of the molecule is [CH]1N=CC=CN1Oc1ccccc1. The Morgan fingerprint density at radius 2 is 2.00 bits per heavy atom. The maximum atomic E-state index is 5.43. The van der Waals surface area contributed by atoms with Crippen molar-refractivity contribution in [1.29, 1.82) is 0 Å². The summed E-state index contributed by atoms with van der Waals surface area (Å²) in [6.07, 6.45) is 5.30. The molecule has 13 heavy (non-hydrogen) atoms. The zero-order valence-corrected chi connectivity index (χ0v) is 7.00. The minimum Gasteiger partial charge on any atom is -0.378 e. The Morgan fingerprint density at radius 1 is 1.15 bits per heavy atom. The van der Waals surface area contributed by atoms with Crippen molar-refractivity contribution in [3.63, 3.8) is 0 Å². The molecule has 0 saturated carbocycles. The van der Waals surface area contributed by atoms with E-state index in [2.05, 4.69) is 4.99 Å². The molecule has 0 N–H and O–H groups in total. The van der Waals surface area contributed by atoms with Gasteiger partial charge >= 0.3 is 0 Å². The first-order valence-corrected chi connectivity index (χ1v) is 4.00. The van der Waals surface area contributed by atoms with E-state index in [4.69, 9.17) is 4.84 Å². The molecule has 0 amide bonds. The summed E-state index contributed by atoms with van der Waals surface area (Å²) in [4.78, 5) is 9.35. The van der Waals surface area contributed by atoms with E-state index in [1.54, 1.807) is 24.1 Å². The molecule has 1 radical (unpaired) electrons. The topological polar surface area (TPSA) is 24.8 Å². The van der Waals surface area contributed by atoms with E-state index in [-0.39, 0.29) is 0 Å². The van der Waals surface area contributed by atoms with Crippen LogP contribution in [0.3, 0.4) is 0 Å². The molecule has 0 unspecified atom stereocenters. The Morgan fingerprint density at radius 3 is 2.69 bits per heavy atom. The summed E-state index contributed by atoms with van der Waals surface area (Å²) in [6.45, 7) is 1.60. The van der Waals surface area contributed by atoms with Crippen molar-refractivity contribution in [2.24, 2.45) is 4.99 Å². The molecule has 0 saturated heterocycles. The van der Waals surface area contributed by atoms with Crippen molar-refractivity contribution in [3.8, 4) is 5.75 Å². The molecule has 1 aliphatic heterocycles. The molecule has 0 fully saturated rings. The molecule has 0 aromatic heterocycles. The van der Waals surface area contributed by atoms with Gasteiger partial charge in [0.15, 0.2) is 12.4 Å². The second kappa shape index (κ2) is 3.76. The molecular formula is C10H9N2O. The quantitative estimate of drug-likeness (QED) is 0.683. The zero-order valence-electron chi connectivity index (χ0n) is 7.00. The second-order valence-electron chi connectivity index (χ2n) is 2.52. The summed E-state index contributed by atoms with van der Waals surface area (Å²) in [7, 11) is 0. The van der Waals surface area contributed by atoms with Gasteiger partial charge in [0.1, 0.15) is 0 Å². The predicted octanol–water partition coefficient (Wildman–Crippen LogP) is 2.00. The van der Waals surface area contributed by atoms with Crippen LogP contribution in [0, 0.1) is 6.67 Å². The lowest BCUT2D eigenvalue weighted by molar-refractivity contribution is 0.0231. The fraction of sp³-hybridized carbons (Fsp3) is 0. The van der Waals surface area contributed by atoms with Crippen molar-refractivity contribution in [2.75, 3.05) is 0 Å². The maximum absolute atomic E-state index is 5.43. The second-order valence-corrected chi connectivity index (χ2v) is 2.52. The Kier molecular flexibility index (Phi) is 2.27. The van der Waals surface area contributed by atoms with Crippen LogP contribution in [0.4, 0.5) is 0 Å². The Balaban J connectivity index is 1.99. The third-order valence-electron chi connectivity index (χ3n) is 1.54. The van der Waals surface area contributed by atoms with E-state index in [0.717, 1.165) is 5.75 Å². The van der Waals surface area contributed by atoms with Crippen molar-refractivity contribution < 1.29 is 4.84 Å². The van der Waals surface area contributed by atoms with E-state index < -0.39 is 0 Å². The van der Waals surface area contributed by atoms with Crippen LogP contribution in [-0.2, 0) is 0 Å². The number of allylic oxidation sites excluding steroid dienone is 1. The summed E-state index contributed by atoms with van der Waals surface area (Å²) in [5.41, 5.74) is 0. The number of benzene rings is 1. The molecular weight excluding hydrogens is 164 g/mol. The molecule has 0 atom stereocenters.